The number of para-hydroxylation sites is 1. The minimum atomic E-state index is -3.77. The van der Waals surface area contributed by atoms with Gasteiger partial charge in [0.15, 0.2) is 5.78 Å². The smallest absolute Gasteiger partial charge is 0.245 e. The third-order valence-electron chi connectivity index (χ3n) is 3.46. The molecule has 0 saturated carbocycles. The van der Waals surface area contributed by atoms with E-state index in [1.54, 1.807) is 30.3 Å². The highest BCUT2D eigenvalue weighted by Crippen LogP contribution is 2.30. The zero-order valence-corrected chi connectivity index (χ0v) is 16.3. The van der Waals surface area contributed by atoms with Crippen molar-refractivity contribution in [2.45, 2.75) is 6.92 Å². The van der Waals surface area contributed by atoms with Crippen LogP contribution in [0.4, 0.5) is 11.4 Å². The molecule has 0 aliphatic heterocycles. The van der Waals surface area contributed by atoms with Crippen LogP contribution in [0, 0.1) is 0 Å². The number of hydrogen-bond donors (Lipinski definition) is 1. The Kier molecular flexibility index (Phi) is 6.28. The highest BCUT2D eigenvalue weighted by atomic mass is 35.5. The van der Waals surface area contributed by atoms with Crippen molar-refractivity contribution >= 4 is 56.3 Å². The Hall–Kier alpha value is -2.09. The minimum absolute atomic E-state index is 0.201. The van der Waals surface area contributed by atoms with Gasteiger partial charge in [0, 0.05) is 5.56 Å². The number of nitrogens with zero attached hydrogens (tertiary/aromatic N) is 1. The first-order valence-electron chi connectivity index (χ1n) is 7.42. The quantitative estimate of drug-likeness (QED) is 0.731. The van der Waals surface area contributed by atoms with E-state index in [2.05, 4.69) is 5.32 Å². The maximum absolute atomic E-state index is 12.4. The molecule has 0 unspecified atom stereocenters. The Labute approximate surface area is 161 Å². The van der Waals surface area contributed by atoms with E-state index in [0.29, 0.717) is 5.56 Å². The summed E-state index contributed by atoms with van der Waals surface area (Å²) in [6.45, 7) is 0.873. The highest BCUT2D eigenvalue weighted by Gasteiger charge is 2.22. The van der Waals surface area contributed by atoms with Crippen LogP contribution in [0.5, 0.6) is 0 Å². The average Bonchev–Trinajstić information content (AvgIpc) is 2.55. The van der Waals surface area contributed by atoms with Gasteiger partial charge in [-0.2, -0.15) is 0 Å². The summed E-state index contributed by atoms with van der Waals surface area (Å²) in [5.74, 6) is -0.841. The molecule has 0 heterocycles. The summed E-state index contributed by atoms with van der Waals surface area (Å²) in [6, 6.07) is 10.8. The standard InChI is InChI=1S/C17H16Cl2N2O4S/c1-11(22)12-5-3-6-13(9-12)21(26(2,24)25)10-16(23)20-17-14(18)7-4-8-15(17)19/h3-9H,10H2,1-2H3,(H,20,23). The van der Waals surface area contributed by atoms with Crippen LogP contribution in [0.25, 0.3) is 0 Å². The van der Waals surface area contributed by atoms with Crippen molar-refractivity contribution in [2.75, 3.05) is 22.4 Å². The predicted molar refractivity (Wildman–Crippen MR) is 104 cm³/mol. The van der Waals surface area contributed by atoms with Crippen molar-refractivity contribution in [3.05, 3.63) is 58.1 Å². The molecule has 0 bridgehead atoms. The highest BCUT2D eigenvalue weighted by molar-refractivity contribution is 7.92. The number of amides is 1. The number of rotatable bonds is 6. The second-order valence-electron chi connectivity index (χ2n) is 5.52. The van der Waals surface area contributed by atoms with Crippen LogP contribution in [0.3, 0.4) is 0 Å². The Morgan fingerprint density at radius 3 is 2.19 bits per heavy atom. The van der Waals surface area contributed by atoms with Gasteiger partial charge in [-0.05, 0) is 31.2 Å². The van der Waals surface area contributed by atoms with Gasteiger partial charge in [0.1, 0.15) is 6.54 Å². The van der Waals surface area contributed by atoms with Gasteiger partial charge in [-0.1, -0.05) is 41.4 Å². The number of Topliss-reactive ketones (excluding diaryl/α,β-unsaturated/α-hetero) is 1. The van der Waals surface area contributed by atoms with Crippen molar-refractivity contribution in [1.82, 2.24) is 0 Å². The van der Waals surface area contributed by atoms with Crippen LogP contribution in [0.15, 0.2) is 42.5 Å². The molecule has 0 aliphatic rings. The molecule has 0 aliphatic carbocycles. The first-order valence-corrected chi connectivity index (χ1v) is 10.0. The zero-order chi connectivity index (χ0) is 19.5. The second kappa shape index (κ2) is 8.07. The van der Waals surface area contributed by atoms with E-state index in [0.717, 1.165) is 10.6 Å². The zero-order valence-electron chi connectivity index (χ0n) is 14.0. The van der Waals surface area contributed by atoms with Gasteiger partial charge in [-0.25, -0.2) is 8.42 Å². The number of halogens is 2. The number of benzene rings is 2. The fourth-order valence-corrected chi connectivity index (χ4v) is 3.55. The molecule has 1 N–H and O–H groups in total. The SMILES string of the molecule is CC(=O)c1cccc(N(CC(=O)Nc2c(Cl)cccc2Cl)S(C)(=O)=O)c1. The van der Waals surface area contributed by atoms with Crippen molar-refractivity contribution in [3.63, 3.8) is 0 Å². The summed E-state index contributed by atoms with van der Waals surface area (Å²) in [6.07, 6.45) is 0.975. The van der Waals surface area contributed by atoms with Crippen molar-refractivity contribution in [2.24, 2.45) is 0 Å². The summed E-state index contributed by atoms with van der Waals surface area (Å²) in [7, 11) is -3.77. The van der Waals surface area contributed by atoms with Crippen LogP contribution >= 0.6 is 23.2 Å². The molecule has 0 saturated heterocycles. The monoisotopic (exact) mass is 414 g/mol. The Balaban J connectivity index is 2.31. The third-order valence-corrected chi connectivity index (χ3v) is 5.23. The number of carbonyl (C=O) groups excluding carboxylic acids is 2. The fourth-order valence-electron chi connectivity index (χ4n) is 2.21. The summed E-state index contributed by atoms with van der Waals surface area (Å²) in [5.41, 5.74) is 0.748. The number of hydrogen-bond acceptors (Lipinski definition) is 4. The van der Waals surface area contributed by atoms with E-state index < -0.39 is 22.5 Å². The molecule has 138 valence electrons. The number of nitrogens with one attached hydrogen (secondary N) is 1. The molecule has 26 heavy (non-hydrogen) atoms. The van der Waals surface area contributed by atoms with Crippen molar-refractivity contribution < 1.29 is 18.0 Å². The maximum atomic E-state index is 12.4. The number of ketones is 1. The molecular formula is C17H16Cl2N2O4S. The Morgan fingerprint density at radius 1 is 1.08 bits per heavy atom. The van der Waals surface area contributed by atoms with Gasteiger partial charge >= 0.3 is 0 Å². The van der Waals surface area contributed by atoms with Gasteiger partial charge in [0.25, 0.3) is 0 Å². The van der Waals surface area contributed by atoms with Crippen LogP contribution in [0.2, 0.25) is 10.0 Å². The molecule has 1 amide bonds. The minimum Gasteiger partial charge on any atom is -0.322 e. The third kappa shape index (κ3) is 4.97. The summed E-state index contributed by atoms with van der Waals surface area (Å²) in [5, 5.41) is 2.98. The molecule has 9 heteroatoms. The van der Waals surface area contributed by atoms with E-state index >= 15 is 0 Å². The average molecular weight is 415 g/mol. The number of carbonyl (C=O) groups is 2. The number of anilines is 2. The summed E-state index contributed by atoms with van der Waals surface area (Å²) in [4.78, 5) is 23.9. The first kappa shape index (κ1) is 20.2. The number of sulfonamides is 1. The lowest BCUT2D eigenvalue weighted by molar-refractivity contribution is -0.114. The topological polar surface area (TPSA) is 83.6 Å². The lowest BCUT2D eigenvalue weighted by atomic mass is 10.1. The first-order chi connectivity index (χ1) is 12.1. The summed E-state index contributed by atoms with van der Waals surface area (Å²) < 4.78 is 25.2. The van der Waals surface area contributed by atoms with Crippen LogP contribution in [-0.4, -0.2) is 32.9 Å². The Bertz CT molecular complexity index is 941. The predicted octanol–water partition coefficient (Wildman–Crippen LogP) is 3.60. The molecule has 0 radical (unpaired) electrons. The lowest BCUT2D eigenvalue weighted by Gasteiger charge is -2.22. The molecule has 6 nitrogen and oxygen atoms in total. The second-order valence-corrected chi connectivity index (χ2v) is 8.24. The molecule has 2 aromatic rings. The van der Waals surface area contributed by atoms with E-state index in [9.17, 15) is 18.0 Å². The van der Waals surface area contributed by atoms with Gasteiger partial charge in [0.05, 0.1) is 27.7 Å². The van der Waals surface area contributed by atoms with Crippen LogP contribution in [-0.2, 0) is 14.8 Å². The lowest BCUT2D eigenvalue weighted by Crippen LogP contribution is -2.37. The summed E-state index contributed by atoms with van der Waals surface area (Å²) >= 11 is 12.0. The fraction of sp³-hybridized carbons (Fsp3) is 0.176. The maximum Gasteiger partial charge on any atom is 0.245 e. The molecular weight excluding hydrogens is 399 g/mol. The van der Waals surface area contributed by atoms with Crippen LogP contribution in [0.1, 0.15) is 17.3 Å². The molecule has 0 fully saturated rings. The van der Waals surface area contributed by atoms with Crippen LogP contribution < -0.4 is 9.62 Å². The molecule has 0 spiro atoms. The van der Waals surface area contributed by atoms with Crippen molar-refractivity contribution in [3.8, 4) is 0 Å². The Morgan fingerprint density at radius 2 is 1.65 bits per heavy atom. The van der Waals surface area contributed by atoms with Gasteiger partial charge < -0.3 is 5.32 Å². The van der Waals surface area contributed by atoms with Crippen molar-refractivity contribution in [1.29, 1.82) is 0 Å². The van der Waals surface area contributed by atoms with Gasteiger partial charge in [0.2, 0.25) is 15.9 Å². The largest absolute Gasteiger partial charge is 0.322 e. The molecule has 0 atom stereocenters. The normalized spacial score (nSPS) is 11.1. The van der Waals surface area contributed by atoms with E-state index in [1.165, 1.54) is 19.1 Å². The molecule has 0 aromatic heterocycles. The molecule has 2 rings (SSSR count). The molecule has 2 aromatic carbocycles. The van der Waals surface area contributed by atoms with E-state index in [4.69, 9.17) is 23.2 Å². The van der Waals surface area contributed by atoms with Gasteiger partial charge in [-0.15, -0.1) is 0 Å². The van der Waals surface area contributed by atoms with E-state index in [-0.39, 0.29) is 27.2 Å². The van der Waals surface area contributed by atoms with Gasteiger partial charge in [-0.3, -0.25) is 13.9 Å². The van der Waals surface area contributed by atoms with E-state index in [1.807, 2.05) is 0 Å².